The minimum Gasteiger partial charge on any atom is -0.299 e. The van der Waals surface area contributed by atoms with Gasteiger partial charge in [-0.25, -0.2) is 0 Å². The predicted molar refractivity (Wildman–Crippen MR) is 69.7 cm³/mol. The zero-order valence-electron chi connectivity index (χ0n) is 9.69. The molecule has 0 bridgehead atoms. The van der Waals surface area contributed by atoms with Gasteiger partial charge in [-0.15, -0.1) is 0 Å². The minimum absolute atomic E-state index is 0.458. The van der Waals surface area contributed by atoms with Gasteiger partial charge in [0, 0.05) is 6.04 Å². The predicted octanol–water partition coefficient (Wildman–Crippen LogP) is 3.07. The second-order valence-electron chi connectivity index (χ2n) is 5.08. The van der Waals surface area contributed by atoms with Gasteiger partial charge in [0.1, 0.15) is 0 Å². The largest absolute Gasteiger partial charge is 0.299 e. The standard InChI is InChI=1S/C16H15N/c1-3-7-14-11(5-1)9-13-10-12-6-2-4-8-15(12)17-16(13)14/h1-7,10,15-17H,8-9H2. The van der Waals surface area contributed by atoms with Gasteiger partial charge in [0.05, 0.1) is 6.04 Å². The highest BCUT2D eigenvalue weighted by atomic mass is 15.0. The van der Waals surface area contributed by atoms with E-state index in [9.17, 15) is 0 Å². The van der Waals surface area contributed by atoms with Crippen LogP contribution in [-0.4, -0.2) is 6.04 Å². The molecule has 1 N–H and O–H groups in total. The first kappa shape index (κ1) is 9.43. The lowest BCUT2D eigenvalue weighted by atomic mass is 9.89. The lowest BCUT2D eigenvalue weighted by Crippen LogP contribution is -2.37. The summed E-state index contributed by atoms with van der Waals surface area (Å²) in [7, 11) is 0. The third-order valence-electron chi connectivity index (χ3n) is 4.05. The van der Waals surface area contributed by atoms with Gasteiger partial charge in [-0.1, -0.05) is 48.6 Å². The molecule has 2 unspecified atom stereocenters. The normalized spacial score (nSPS) is 28.9. The van der Waals surface area contributed by atoms with E-state index in [0.717, 1.165) is 12.8 Å². The van der Waals surface area contributed by atoms with E-state index in [-0.39, 0.29) is 0 Å². The van der Waals surface area contributed by atoms with Crippen molar-refractivity contribution >= 4 is 0 Å². The van der Waals surface area contributed by atoms with E-state index in [1.807, 2.05) is 0 Å². The summed E-state index contributed by atoms with van der Waals surface area (Å²) in [4.78, 5) is 0. The monoisotopic (exact) mass is 221 g/mol. The van der Waals surface area contributed by atoms with Crippen LogP contribution in [0.25, 0.3) is 0 Å². The third kappa shape index (κ3) is 1.36. The van der Waals surface area contributed by atoms with Crippen LogP contribution in [0, 0.1) is 0 Å². The zero-order chi connectivity index (χ0) is 11.2. The molecule has 0 aromatic heterocycles. The van der Waals surface area contributed by atoms with E-state index < -0.39 is 0 Å². The maximum Gasteiger partial charge on any atom is 0.0550 e. The third-order valence-corrected chi connectivity index (χ3v) is 4.05. The molecule has 0 radical (unpaired) electrons. The molecule has 17 heavy (non-hydrogen) atoms. The van der Waals surface area contributed by atoms with E-state index in [4.69, 9.17) is 0 Å². The van der Waals surface area contributed by atoms with Crippen molar-refractivity contribution in [2.45, 2.75) is 24.9 Å². The zero-order valence-corrected chi connectivity index (χ0v) is 9.69. The van der Waals surface area contributed by atoms with E-state index in [0.29, 0.717) is 12.1 Å². The molecule has 0 saturated heterocycles. The molecule has 3 aliphatic rings. The summed E-state index contributed by atoms with van der Waals surface area (Å²) in [6, 6.07) is 9.79. The lowest BCUT2D eigenvalue weighted by molar-refractivity contribution is 0.505. The Balaban J connectivity index is 1.81. The number of benzene rings is 1. The lowest BCUT2D eigenvalue weighted by Gasteiger charge is -2.31. The van der Waals surface area contributed by atoms with Crippen molar-refractivity contribution in [1.82, 2.24) is 5.32 Å². The van der Waals surface area contributed by atoms with Crippen molar-refractivity contribution in [1.29, 1.82) is 0 Å². The molecule has 1 heterocycles. The molecule has 1 heteroatoms. The van der Waals surface area contributed by atoms with Crippen LogP contribution in [-0.2, 0) is 6.42 Å². The van der Waals surface area contributed by atoms with Crippen LogP contribution < -0.4 is 5.32 Å². The minimum atomic E-state index is 0.458. The molecule has 4 rings (SSSR count). The molecule has 2 atom stereocenters. The number of allylic oxidation sites excluding steroid dienone is 2. The summed E-state index contributed by atoms with van der Waals surface area (Å²) >= 11 is 0. The first-order chi connectivity index (χ1) is 8.42. The summed E-state index contributed by atoms with van der Waals surface area (Å²) in [6.07, 6.45) is 11.3. The van der Waals surface area contributed by atoms with Crippen LogP contribution in [0.5, 0.6) is 0 Å². The summed E-state index contributed by atoms with van der Waals surface area (Å²) in [6.45, 7) is 0. The summed E-state index contributed by atoms with van der Waals surface area (Å²) < 4.78 is 0. The number of fused-ring (bicyclic) bond motifs is 4. The molecule has 0 amide bonds. The van der Waals surface area contributed by atoms with Gasteiger partial charge >= 0.3 is 0 Å². The van der Waals surface area contributed by atoms with Crippen LogP contribution in [0.2, 0.25) is 0 Å². The van der Waals surface area contributed by atoms with Crippen LogP contribution in [0.15, 0.2) is 59.7 Å². The number of rotatable bonds is 0. The van der Waals surface area contributed by atoms with Crippen LogP contribution >= 0.6 is 0 Å². The first-order valence-electron chi connectivity index (χ1n) is 6.33. The number of hydrogen-bond donors (Lipinski definition) is 1. The Kier molecular flexibility index (Phi) is 1.91. The van der Waals surface area contributed by atoms with Crippen LogP contribution in [0.4, 0.5) is 0 Å². The smallest absolute Gasteiger partial charge is 0.0550 e. The second-order valence-corrected chi connectivity index (χ2v) is 5.08. The highest BCUT2D eigenvalue weighted by Gasteiger charge is 2.33. The molecule has 2 aliphatic carbocycles. The number of nitrogens with one attached hydrogen (secondary N) is 1. The van der Waals surface area contributed by atoms with Crippen molar-refractivity contribution in [2.75, 3.05) is 0 Å². The van der Waals surface area contributed by atoms with Crippen molar-refractivity contribution in [3.8, 4) is 0 Å². The Labute approximate surface area is 102 Å². The SMILES string of the molecule is C1=CCC2NC3C(=CC2=C1)Cc1ccccc13. The Bertz CT molecular complexity index is 563. The molecule has 1 aromatic carbocycles. The molecule has 1 nitrogen and oxygen atoms in total. The van der Waals surface area contributed by atoms with Crippen molar-refractivity contribution in [3.05, 3.63) is 70.8 Å². The van der Waals surface area contributed by atoms with E-state index in [1.165, 1.54) is 22.3 Å². The van der Waals surface area contributed by atoms with Crippen LogP contribution in [0.3, 0.4) is 0 Å². The fourth-order valence-electron chi connectivity index (χ4n) is 3.20. The van der Waals surface area contributed by atoms with E-state index in [1.54, 1.807) is 0 Å². The maximum atomic E-state index is 3.79. The average Bonchev–Trinajstić information content (AvgIpc) is 2.73. The Morgan fingerprint density at radius 1 is 1.18 bits per heavy atom. The fraction of sp³-hybridized carbons (Fsp3) is 0.250. The van der Waals surface area contributed by atoms with Gasteiger partial charge in [0.15, 0.2) is 0 Å². The fourth-order valence-corrected chi connectivity index (χ4v) is 3.20. The molecule has 0 spiro atoms. The summed E-state index contributed by atoms with van der Waals surface area (Å²) in [5.74, 6) is 0. The maximum absolute atomic E-state index is 3.79. The van der Waals surface area contributed by atoms with Crippen LogP contribution in [0.1, 0.15) is 23.6 Å². The molecule has 0 saturated carbocycles. The molecular formula is C16H15N. The molecule has 84 valence electrons. The molecule has 1 aliphatic heterocycles. The average molecular weight is 221 g/mol. The van der Waals surface area contributed by atoms with Crippen molar-refractivity contribution in [3.63, 3.8) is 0 Å². The van der Waals surface area contributed by atoms with Gasteiger partial charge in [-0.3, -0.25) is 5.32 Å². The van der Waals surface area contributed by atoms with E-state index in [2.05, 4.69) is 53.9 Å². The molecule has 1 aromatic rings. The summed E-state index contributed by atoms with van der Waals surface area (Å²) in [5, 5.41) is 3.79. The van der Waals surface area contributed by atoms with Gasteiger partial charge < -0.3 is 0 Å². The highest BCUT2D eigenvalue weighted by Crippen LogP contribution is 2.40. The molecular weight excluding hydrogens is 206 g/mol. The highest BCUT2D eigenvalue weighted by molar-refractivity contribution is 5.51. The Morgan fingerprint density at radius 3 is 3.12 bits per heavy atom. The van der Waals surface area contributed by atoms with Gasteiger partial charge in [-0.05, 0) is 35.1 Å². The van der Waals surface area contributed by atoms with Gasteiger partial charge in [0.2, 0.25) is 0 Å². The Hall–Kier alpha value is -1.60. The molecule has 0 fully saturated rings. The first-order valence-corrected chi connectivity index (χ1v) is 6.33. The quantitative estimate of drug-likeness (QED) is 0.710. The van der Waals surface area contributed by atoms with Gasteiger partial charge in [-0.2, -0.15) is 0 Å². The van der Waals surface area contributed by atoms with Gasteiger partial charge in [0.25, 0.3) is 0 Å². The van der Waals surface area contributed by atoms with E-state index >= 15 is 0 Å². The topological polar surface area (TPSA) is 12.0 Å². The number of hydrogen-bond acceptors (Lipinski definition) is 1. The Morgan fingerprint density at radius 2 is 2.12 bits per heavy atom. The van der Waals surface area contributed by atoms with Crippen molar-refractivity contribution < 1.29 is 0 Å². The summed E-state index contributed by atoms with van der Waals surface area (Å²) in [5.41, 5.74) is 5.95. The van der Waals surface area contributed by atoms with Crippen molar-refractivity contribution in [2.24, 2.45) is 0 Å². The second kappa shape index (κ2) is 3.44.